The number of benzene rings is 6. The van der Waals surface area contributed by atoms with Crippen molar-refractivity contribution in [1.82, 2.24) is 9.13 Å². The van der Waals surface area contributed by atoms with Crippen LogP contribution < -0.4 is 0 Å². The zero-order valence-electron chi connectivity index (χ0n) is 23.4. The second-order valence-corrected chi connectivity index (χ2v) is 10.8. The SMILES string of the molecule is N#Cc1ccc(-n2c3ccccc3c3cc(-c4ccc5c(c4)c4ccccc4n5-c4ccccc4C#N)ccc32)c(C#N)c1. The molecule has 0 spiro atoms. The summed E-state index contributed by atoms with van der Waals surface area (Å²) in [4.78, 5) is 0. The predicted octanol–water partition coefficient (Wildman–Crippen LogP) is 9.16. The molecule has 202 valence electrons. The standard InChI is InChI=1S/C39H21N5/c40-22-25-13-16-35(29(19-25)24-42)44-37-12-6-3-9-31(37)33-21-27(15-18-39(33)44)26-14-17-38-32(20-26)30-8-2-5-11-36(30)43(38)34-10-4-1-7-28(34)23-41/h1-21H. The van der Waals surface area contributed by atoms with Gasteiger partial charge in [-0.25, -0.2) is 0 Å². The van der Waals surface area contributed by atoms with E-state index >= 15 is 0 Å². The average Bonchev–Trinajstić information content (AvgIpc) is 3.60. The van der Waals surface area contributed by atoms with Crippen LogP contribution in [0.3, 0.4) is 0 Å². The number of aromatic nitrogens is 2. The van der Waals surface area contributed by atoms with Crippen LogP contribution in [0.15, 0.2) is 127 Å². The summed E-state index contributed by atoms with van der Waals surface area (Å²) in [5, 5.41) is 33.6. The highest BCUT2D eigenvalue weighted by Gasteiger charge is 2.18. The molecule has 0 bridgehead atoms. The molecule has 6 aromatic carbocycles. The smallest absolute Gasteiger partial charge is 0.101 e. The number of rotatable bonds is 3. The number of nitriles is 3. The molecule has 2 aromatic heterocycles. The molecular weight excluding hydrogens is 538 g/mol. The molecule has 8 aromatic rings. The summed E-state index contributed by atoms with van der Waals surface area (Å²) in [7, 11) is 0. The third-order valence-corrected chi connectivity index (χ3v) is 8.43. The van der Waals surface area contributed by atoms with Crippen molar-refractivity contribution in [2.24, 2.45) is 0 Å². The first-order chi connectivity index (χ1) is 21.7. The highest BCUT2D eigenvalue weighted by atomic mass is 15.0. The van der Waals surface area contributed by atoms with Gasteiger partial charge in [-0.05, 0) is 77.9 Å². The number of hydrogen-bond acceptors (Lipinski definition) is 3. The maximum Gasteiger partial charge on any atom is 0.101 e. The summed E-state index contributed by atoms with van der Waals surface area (Å²) in [6.45, 7) is 0. The zero-order valence-corrected chi connectivity index (χ0v) is 23.4. The van der Waals surface area contributed by atoms with E-state index in [0.717, 1.165) is 66.1 Å². The molecule has 0 fully saturated rings. The lowest BCUT2D eigenvalue weighted by Gasteiger charge is -2.11. The fourth-order valence-corrected chi connectivity index (χ4v) is 6.48. The molecule has 5 heteroatoms. The van der Waals surface area contributed by atoms with Gasteiger partial charge in [0.1, 0.15) is 12.1 Å². The van der Waals surface area contributed by atoms with Gasteiger partial charge in [0, 0.05) is 21.5 Å². The molecule has 0 N–H and O–H groups in total. The molecule has 5 nitrogen and oxygen atoms in total. The number of hydrogen-bond donors (Lipinski definition) is 0. The molecule has 0 amide bonds. The maximum absolute atomic E-state index is 9.95. The molecule has 0 saturated heterocycles. The molecule has 0 aliphatic rings. The van der Waals surface area contributed by atoms with E-state index in [-0.39, 0.29) is 0 Å². The van der Waals surface area contributed by atoms with Crippen molar-refractivity contribution in [3.05, 3.63) is 144 Å². The van der Waals surface area contributed by atoms with Crippen LogP contribution in [0, 0.1) is 34.0 Å². The normalized spacial score (nSPS) is 11.1. The third-order valence-electron chi connectivity index (χ3n) is 8.43. The van der Waals surface area contributed by atoms with Gasteiger partial charge in [-0.3, -0.25) is 0 Å². The second kappa shape index (κ2) is 9.74. The molecule has 8 rings (SSSR count). The molecule has 0 saturated carbocycles. The van der Waals surface area contributed by atoms with E-state index in [4.69, 9.17) is 0 Å². The molecule has 44 heavy (non-hydrogen) atoms. The average molecular weight is 560 g/mol. The Labute approximate surface area is 252 Å². The van der Waals surface area contributed by atoms with Crippen LogP contribution >= 0.6 is 0 Å². The Balaban J connectivity index is 1.35. The number of fused-ring (bicyclic) bond motifs is 6. The van der Waals surface area contributed by atoms with E-state index in [1.807, 2.05) is 48.5 Å². The summed E-state index contributed by atoms with van der Waals surface area (Å²) >= 11 is 0. The summed E-state index contributed by atoms with van der Waals surface area (Å²) in [5.41, 5.74) is 9.40. The van der Waals surface area contributed by atoms with E-state index < -0.39 is 0 Å². The fourth-order valence-electron chi connectivity index (χ4n) is 6.48. The first-order valence-electron chi connectivity index (χ1n) is 14.2. The van der Waals surface area contributed by atoms with Crippen molar-refractivity contribution in [2.75, 3.05) is 0 Å². The Morgan fingerprint density at radius 3 is 1.45 bits per heavy atom. The van der Waals surface area contributed by atoms with Crippen LogP contribution in [-0.4, -0.2) is 9.13 Å². The molecule has 0 atom stereocenters. The summed E-state index contributed by atoms with van der Waals surface area (Å²) in [6.07, 6.45) is 0. The van der Waals surface area contributed by atoms with E-state index in [1.165, 1.54) is 0 Å². The van der Waals surface area contributed by atoms with Crippen LogP contribution in [-0.2, 0) is 0 Å². The van der Waals surface area contributed by atoms with Gasteiger partial charge >= 0.3 is 0 Å². The Bertz CT molecular complexity index is 2600. The largest absolute Gasteiger partial charge is 0.308 e. The first-order valence-corrected chi connectivity index (χ1v) is 14.2. The molecular formula is C39H21N5. The van der Waals surface area contributed by atoms with Gasteiger partial charge in [0.05, 0.1) is 56.2 Å². The number of para-hydroxylation sites is 3. The van der Waals surface area contributed by atoms with Crippen LogP contribution in [0.4, 0.5) is 0 Å². The number of nitrogens with zero attached hydrogens (tertiary/aromatic N) is 5. The summed E-state index contributed by atoms with van der Waals surface area (Å²) in [5.74, 6) is 0. The van der Waals surface area contributed by atoms with Crippen LogP contribution in [0.2, 0.25) is 0 Å². The third kappa shape index (κ3) is 3.63. The Kier molecular flexibility index (Phi) is 5.56. The molecule has 0 radical (unpaired) electrons. The minimum Gasteiger partial charge on any atom is -0.308 e. The van der Waals surface area contributed by atoms with E-state index in [0.29, 0.717) is 16.7 Å². The maximum atomic E-state index is 9.95. The summed E-state index contributed by atoms with van der Waals surface area (Å²) in [6, 6.07) is 49.2. The minimum absolute atomic E-state index is 0.454. The van der Waals surface area contributed by atoms with Gasteiger partial charge in [0.25, 0.3) is 0 Å². The van der Waals surface area contributed by atoms with Gasteiger partial charge in [-0.15, -0.1) is 0 Å². The monoisotopic (exact) mass is 559 g/mol. The Hall–Kier alpha value is -6.61. The molecule has 0 aliphatic carbocycles. The molecule has 2 heterocycles. The Morgan fingerprint density at radius 2 is 0.886 bits per heavy atom. The second-order valence-electron chi connectivity index (χ2n) is 10.8. The van der Waals surface area contributed by atoms with Crippen molar-refractivity contribution < 1.29 is 0 Å². The summed E-state index contributed by atoms with van der Waals surface area (Å²) < 4.78 is 4.28. The van der Waals surface area contributed by atoms with Crippen LogP contribution in [0.1, 0.15) is 16.7 Å². The van der Waals surface area contributed by atoms with E-state index in [1.54, 1.807) is 12.1 Å². The quantitative estimate of drug-likeness (QED) is 0.216. The van der Waals surface area contributed by atoms with Gasteiger partial charge in [0.2, 0.25) is 0 Å². The molecule has 0 unspecified atom stereocenters. The lowest BCUT2D eigenvalue weighted by atomic mass is 10.0. The highest BCUT2D eigenvalue weighted by molar-refractivity contribution is 6.12. The lowest BCUT2D eigenvalue weighted by molar-refractivity contribution is 1.16. The fraction of sp³-hybridized carbons (Fsp3) is 0. The highest BCUT2D eigenvalue weighted by Crippen LogP contribution is 2.38. The van der Waals surface area contributed by atoms with Gasteiger partial charge in [0.15, 0.2) is 0 Å². The Morgan fingerprint density at radius 1 is 0.386 bits per heavy atom. The lowest BCUT2D eigenvalue weighted by Crippen LogP contribution is -1.98. The van der Waals surface area contributed by atoms with Crippen LogP contribution in [0.5, 0.6) is 0 Å². The van der Waals surface area contributed by atoms with Crippen molar-refractivity contribution in [3.8, 4) is 40.7 Å². The van der Waals surface area contributed by atoms with Crippen molar-refractivity contribution in [2.45, 2.75) is 0 Å². The molecule has 0 aliphatic heterocycles. The van der Waals surface area contributed by atoms with E-state index in [2.05, 4.69) is 94.1 Å². The first kappa shape index (κ1) is 25.1. The van der Waals surface area contributed by atoms with Crippen molar-refractivity contribution in [3.63, 3.8) is 0 Å². The van der Waals surface area contributed by atoms with E-state index in [9.17, 15) is 15.8 Å². The predicted molar refractivity (Wildman–Crippen MR) is 175 cm³/mol. The van der Waals surface area contributed by atoms with Gasteiger partial charge in [-0.1, -0.05) is 60.7 Å². The van der Waals surface area contributed by atoms with Gasteiger partial charge in [-0.2, -0.15) is 15.8 Å². The van der Waals surface area contributed by atoms with Crippen molar-refractivity contribution in [1.29, 1.82) is 15.8 Å². The van der Waals surface area contributed by atoms with Crippen LogP contribution in [0.25, 0.3) is 66.1 Å². The van der Waals surface area contributed by atoms with Crippen molar-refractivity contribution >= 4 is 43.6 Å². The van der Waals surface area contributed by atoms with Gasteiger partial charge < -0.3 is 9.13 Å². The zero-order chi connectivity index (χ0) is 29.8. The topological polar surface area (TPSA) is 81.2 Å². The minimum atomic E-state index is 0.454.